The van der Waals surface area contributed by atoms with Crippen LogP contribution in [0.5, 0.6) is 0 Å². The van der Waals surface area contributed by atoms with E-state index in [9.17, 15) is 13.2 Å². The van der Waals surface area contributed by atoms with Gasteiger partial charge in [0.1, 0.15) is 5.69 Å². The van der Waals surface area contributed by atoms with Crippen molar-refractivity contribution >= 4 is 33.4 Å². The highest BCUT2D eigenvalue weighted by molar-refractivity contribution is 7.98. The molecule has 1 N–H and O–H groups in total. The predicted molar refractivity (Wildman–Crippen MR) is 111 cm³/mol. The van der Waals surface area contributed by atoms with Crippen LogP contribution in [0.2, 0.25) is 0 Å². The number of anilines is 1. The summed E-state index contributed by atoms with van der Waals surface area (Å²) >= 11 is 1.43. The monoisotopic (exact) mass is 416 g/mol. The molecule has 0 spiro atoms. The molecule has 0 aliphatic heterocycles. The van der Waals surface area contributed by atoms with Gasteiger partial charge in [0.2, 0.25) is 10.0 Å². The molecule has 9 heteroatoms. The lowest BCUT2D eigenvalue weighted by atomic mass is 10.3. The second kappa shape index (κ2) is 8.17. The normalized spacial score (nSPS) is 11.6. The first-order valence-corrected chi connectivity index (χ1v) is 11.0. The number of thioether (sulfide) groups is 1. The molecule has 146 valence electrons. The highest BCUT2D eigenvalue weighted by Crippen LogP contribution is 2.23. The molecule has 1 heterocycles. The van der Waals surface area contributed by atoms with E-state index in [1.165, 1.54) is 44.2 Å². The number of rotatable bonds is 6. The van der Waals surface area contributed by atoms with Crippen molar-refractivity contribution in [2.45, 2.75) is 10.1 Å². The van der Waals surface area contributed by atoms with Gasteiger partial charge >= 0.3 is 0 Å². The predicted octanol–water partition coefficient (Wildman–Crippen LogP) is 3.10. The minimum atomic E-state index is -3.59. The summed E-state index contributed by atoms with van der Waals surface area (Å²) in [5, 5.41) is 3.45. The molecule has 0 aliphatic rings. The summed E-state index contributed by atoms with van der Waals surface area (Å²) < 4.78 is 27.5. The van der Waals surface area contributed by atoms with Crippen molar-refractivity contribution < 1.29 is 13.2 Å². The van der Waals surface area contributed by atoms with Gasteiger partial charge in [-0.1, -0.05) is 36.0 Å². The van der Waals surface area contributed by atoms with Gasteiger partial charge in [-0.05, 0) is 36.6 Å². The van der Waals surface area contributed by atoms with Gasteiger partial charge in [0.15, 0.2) is 5.16 Å². The van der Waals surface area contributed by atoms with Crippen LogP contribution in [0.1, 0.15) is 10.5 Å². The zero-order chi connectivity index (χ0) is 20.3. The van der Waals surface area contributed by atoms with Crippen molar-refractivity contribution in [2.75, 3.05) is 25.7 Å². The van der Waals surface area contributed by atoms with Crippen molar-refractivity contribution in [3.05, 3.63) is 66.5 Å². The van der Waals surface area contributed by atoms with Gasteiger partial charge in [-0.15, -0.1) is 0 Å². The zero-order valence-electron chi connectivity index (χ0n) is 15.7. The van der Waals surface area contributed by atoms with Crippen molar-refractivity contribution in [3.63, 3.8) is 0 Å². The first kappa shape index (κ1) is 20.1. The van der Waals surface area contributed by atoms with Gasteiger partial charge in [-0.25, -0.2) is 17.7 Å². The Bertz CT molecular complexity index is 1090. The summed E-state index contributed by atoms with van der Waals surface area (Å²) in [6.07, 6.45) is 3.40. The molecule has 1 aromatic heterocycles. The molecule has 0 radical (unpaired) electrons. The van der Waals surface area contributed by atoms with E-state index in [0.717, 1.165) is 9.99 Å². The third-order valence-corrected chi connectivity index (χ3v) is 6.49. The minimum absolute atomic E-state index is 0.108. The Morgan fingerprint density at radius 2 is 1.82 bits per heavy atom. The van der Waals surface area contributed by atoms with Gasteiger partial charge in [0, 0.05) is 25.5 Å². The molecule has 7 nitrogen and oxygen atoms in total. The third-order valence-electron chi connectivity index (χ3n) is 4.03. The molecule has 2 aromatic carbocycles. The van der Waals surface area contributed by atoms with Crippen molar-refractivity contribution in [2.24, 2.45) is 0 Å². The van der Waals surface area contributed by atoms with Gasteiger partial charge in [0.05, 0.1) is 11.1 Å². The number of hydrogen-bond donors (Lipinski definition) is 1. The van der Waals surface area contributed by atoms with Gasteiger partial charge in [-0.2, -0.15) is 0 Å². The van der Waals surface area contributed by atoms with Gasteiger partial charge in [0.25, 0.3) is 5.91 Å². The van der Waals surface area contributed by atoms with Crippen molar-refractivity contribution in [1.82, 2.24) is 13.9 Å². The largest absolute Gasteiger partial charge is 0.321 e. The molecule has 1 amide bonds. The van der Waals surface area contributed by atoms with Crippen LogP contribution in [0.15, 0.2) is 70.8 Å². The van der Waals surface area contributed by atoms with E-state index >= 15 is 0 Å². The fourth-order valence-electron chi connectivity index (χ4n) is 2.61. The molecule has 0 bridgehead atoms. The van der Waals surface area contributed by atoms with E-state index in [2.05, 4.69) is 10.3 Å². The van der Waals surface area contributed by atoms with Crippen LogP contribution in [0.3, 0.4) is 0 Å². The molecular formula is C19H20N4O3S2. The first-order chi connectivity index (χ1) is 13.3. The summed E-state index contributed by atoms with van der Waals surface area (Å²) in [7, 11) is -0.667. The fraction of sp³-hybridized carbons (Fsp3) is 0.158. The highest BCUT2D eigenvalue weighted by atomic mass is 32.2. The average Bonchev–Trinajstić information content (AvgIpc) is 3.13. The zero-order valence-corrected chi connectivity index (χ0v) is 17.3. The molecule has 28 heavy (non-hydrogen) atoms. The fourth-order valence-corrected chi connectivity index (χ4v) is 4.10. The minimum Gasteiger partial charge on any atom is -0.321 e. The van der Waals surface area contributed by atoms with Crippen LogP contribution in [0, 0.1) is 0 Å². The first-order valence-electron chi connectivity index (χ1n) is 8.35. The molecule has 0 aliphatic carbocycles. The Balaban J connectivity index is 1.94. The van der Waals surface area contributed by atoms with Crippen LogP contribution < -0.4 is 5.32 Å². The lowest BCUT2D eigenvalue weighted by Crippen LogP contribution is -2.22. The van der Waals surface area contributed by atoms with E-state index in [-0.39, 0.29) is 10.8 Å². The lowest BCUT2D eigenvalue weighted by Gasteiger charge is -2.13. The van der Waals surface area contributed by atoms with Crippen LogP contribution in [-0.2, 0) is 10.0 Å². The Hall–Kier alpha value is -2.62. The number of nitrogens with one attached hydrogen (secondary N) is 1. The van der Waals surface area contributed by atoms with Crippen LogP contribution >= 0.6 is 11.8 Å². The number of sulfonamides is 1. The smallest absolute Gasteiger partial charge is 0.274 e. The molecule has 3 aromatic rings. The molecule has 0 fully saturated rings. The van der Waals surface area contributed by atoms with E-state index < -0.39 is 10.0 Å². The maximum absolute atomic E-state index is 12.9. The highest BCUT2D eigenvalue weighted by Gasteiger charge is 2.20. The molecule has 0 atom stereocenters. The summed E-state index contributed by atoms with van der Waals surface area (Å²) in [5.41, 5.74) is 1.56. The maximum atomic E-state index is 12.9. The number of nitrogens with zero attached hydrogens (tertiary/aromatic N) is 3. The van der Waals surface area contributed by atoms with E-state index in [4.69, 9.17) is 0 Å². The van der Waals surface area contributed by atoms with Crippen LogP contribution in [-0.4, -0.2) is 48.5 Å². The summed E-state index contributed by atoms with van der Waals surface area (Å²) in [6.45, 7) is 0. The van der Waals surface area contributed by atoms with E-state index in [1.54, 1.807) is 16.7 Å². The summed E-state index contributed by atoms with van der Waals surface area (Å²) in [4.78, 5) is 17.3. The Kier molecular flexibility index (Phi) is 5.87. The Morgan fingerprint density at radius 3 is 2.46 bits per heavy atom. The molecule has 0 unspecified atom stereocenters. The van der Waals surface area contributed by atoms with Gasteiger partial charge in [-0.3, -0.25) is 9.36 Å². The average molecular weight is 417 g/mol. The molecule has 0 saturated carbocycles. The molecular weight excluding hydrogens is 396 g/mol. The lowest BCUT2D eigenvalue weighted by molar-refractivity contribution is 0.102. The van der Waals surface area contributed by atoms with Crippen LogP contribution in [0.25, 0.3) is 5.69 Å². The maximum Gasteiger partial charge on any atom is 0.274 e. The van der Waals surface area contributed by atoms with Crippen molar-refractivity contribution in [3.8, 4) is 5.69 Å². The molecule has 3 rings (SSSR count). The van der Waals surface area contributed by atoms with Crippen LogP contribution in [0.4, 0.5) is 5.69 Å². The Morgan fingerprint density at radius 1 is 1.11 bits per heavy atom. The number of amides is 1. The van der Waals surface area contributed by atoms with E-state index in [0.29, 0.717) is 16.5 Å². The second-order valence-electron chi connectivity index (χ2n) is 6.07. The Labute approximate surface area is 168 Å². The van der Waals surface area contributed by atoms with E-state index in [1.807, 2.05) is 36.6 Å². The number of benzene rings is 2. The van der Waals surface area contributed by atoms with Crippen molar-refractivity contribution in [1.29, 1.82) is 0 Å². The quantitative estimate of drug-likeness (QED) is 0.624. The number of imidazole rings is 1. The number of aromatic nitrogens is 2. The molecule has 0 saturated heterocycles. The number of carbonyl (C=O) groups excluding carboxylic acids is 1. The van der Waals surface area contributed by atoms with Gasteiger partial charge < -0.3 is 5.32 Å². The number of hydrogen-bond acceptors (Lipinski definition) is 5. The standard InChI is InChI=1S/C19H20N4O3S2/c1-22(2)28(25,26)16-11-7-8-14(12-16)21-18(24)17-13-20-19(27-3)23(17)15-9-5-4-6-10-15/h4-13H,1-3H3,(H,21,24). The number of para-hydroxylation sites is 1. The summed E-state index contributed by atoms with van der Waals surface area (Å²) in [6, 6.07) is 15.6. The number of carbonyl (C=O) groups is 1. The third kappa shape index (κ3) is 3.96. The SMILES string of the molecule is CSc1ncc(C(=O)Nc2cccc(S(=O)(=O)N(C)C)c2)n1-c1ccccc1. The topological polar surface area (TPSA) is 84.3 Å². The second-order valence-corrected chi connectivity index (χ2v) is 9.00. The summed E-state index contributed by atoms with van der Waals surface area (Å²) in [5.74, 6) is -0.379.